The van der Waals surface area contributed by atoms with Gasteiger partial charge < -0.3 is 10.6 Å². The fraction of sp³-hybridized carbons (Fsp3) is 0.625. The Morgan fingerprint density at radius 2 is 2.00 bits per heavy atom. The normalized spacial score (nSPS) is 14.9. The summed E-state index contributed by atoms with van der Waals surface area (Å²) in [5.74, 6) is 1.27. The second-order valence-electron chi connectivity index (χ2n) is 6.44. The molecule has 0 unspecified atom stereocenters. The molecule has 1 aromatic heterocycles. The summed E-state index contributed by atoms with van der Waals surface area (Å²) in [4.78, 5) is 19.0. The maximum absolute atomic E-state index is 12.7. The van der Waals surface area contributed by atoms with Gasteiger partial charge in [-0.1, -0.05) is 27.7 Å². The van der Waals surface area contributed by atoms with Gasteiger partial charge >= 0.3 is 0 Å². The number of nitrogens with two attached hydrogens (primary N) is 1. The van der Waals surface area contributed by atoms with E-state index in [1.165, 1.54) is 0 Å². The molecule has 1 aliphatic rings. The molecule has 4 heteroatoms. The van der Waals surface area contributed by atoms with Crippen molar-refractivity contribution in [1.29, 1.82) is 0 Å². The van der Waals surface area contributed by atoms with Gasteiger partial charge in [0.05, 0.1) is 0 Å². The number of pyridine rings is 1. The predicted molar refractivity (Wildman–Crippen MR) is 81.6 cm³/mol. The van der Waals surface area contributed by atoms with E-state index in [4.69, 9.17) is 5.73 Å². The van der Waals surface area contributed by atoms with Crippen LogP contribution >= 0.6 is 0 Å². The summed E-state index contributed by atoms with van der Waals surface area (Å²) in [6, 6.07) is 4.00. The highest BCUT2D eigenvalue weighted by Gasteiger charge is 2.33. The van der Waals surface area contributed by atoms with Crippen LogP contribution in [0.2, 0.25) is 0 Å². The second-order valence-corrected chi connectivity index (χ2v) is 6.44. The van der Waals surface area contributed by atoms with Crippen LogP contribution in [-0.2, 0) is 0 Å². The van der Waals surface area contributed by atoms with Crippen molar-refractivity contribution in [2.24, 2.45) is 5.92 Å². The number of aromatic nitrogens is 1. The summed E-state index contributed by atoms with van der Waals surface area (Å²) in [5, 5.41) is 0. The van der Waals surface area contributed by atoms with Crippen molar-refractivity contribution in [3.63, 3.8) is 0 Å². The smallest absolute Gasteiger partial charge is 0.254 e. The fourth-order valence-corrected chi connectivity index (χ4v) is 2.34. The van der Waals surface area contributed by atoms with Gasteiger partial charge in [0.1, 0.15) is 5.82 Å². The molecule has 20 heavy (non-hydrogen) atoms. The zero-order chi connectivity index (χ0) is 14.9. The Bertz CT molecular complexity index is 492. The maximum Gasteiger partial charge on any atom is 0.254 e. The summed E-state index contributed by atoms with van der Waals surface area (Å²) in [7, 11) is 0. The van der Waals surface area contributed by atoms with Crippen LogP contribution in [0.15, 0.2) is 12.1 Å². The Kier molecular flexibility index (Phi) is 4.31. The van der Waals surface area contributed by atoms with Crippen LogP contribution in [0.5, 0.6) is 0 Å². The SMILES string of the molecule is CC(C)CN(C(=O)c1cc(N)nc(C(C)C)c1)C1CC1. The van der Waals surface area contributed by atoms with Crippen LogP contribution < -0.4 is 5.73 Å². The minimum atomic E-state index is 0.0946. The van der Waals surface area contributed by atoms with E-state index < -0.39 is 0 Å². The highest BCUT2D eigenvalue weighted by molar-refractivity contribution is 5.95. The number of nitrogens with zero attached hydrogens (tertiary/aromatic N) is 2. The molecule has 1 aliphatic carbocycles. The van der Waals surface area contributed by atoms with E-state index >= 15 is 0 Å². The second kappa shape index (κ2) is 5.81. The molecule has 0 aromatic carbocycles. The molecule has 1 amide bonds. The van der Waals surface area contributed by atoms with Gasteiger partial charge in [-0.15, -0.1) is 0 Å². The molecule has 0 saturated heterocycles. The standard InChI is InChI=1S/C16H25N3O/c1-10(2)9-19(13-5-6-13)16(20)12-7-14(11(3)4)18-15(17)8-12/h7-8,10-11,13H,5-6,9H2,1-4H3,(H2,17,18). The summed E-state index contributed by atoms with van der Waals surface area (Å²) in [5.41, 5.74) is 7.40. The number of amides is 1. The summed E-state index contributed by atoms with van der Waals surface area (Å²) in [6.45, 7) is 9.21. The molecule has 1 aromatic rings. The van der Waals surface area contributed by atoms with E-state index in [1.54, 1.807) is 6.07 Å². The van der Waals surface area contributed by atoms with Crippen molar-refractivity contribution in [2.45, 2.75) is 52.5 Å². The molecule has 2 N–H and O–H groups in total. The Morgan fingerprint density at radius 1 is 1.35 bits per heavy atom. The zero-order valence-electron chi connectivity index (χ0n) is 12.9. The number of anilines is 1. The molecule has 1 heterocycles. The lowest BCUT2D eigenvalue weighted by Gasteiger charge is -2.25. The van der Waals surface area contributed by atoms with Crippen molar-refractivity contribution < 1.29 is 4.79 Å². The molecule has 110 valence electrons. The monoisotopic (exact) mass is 275 g/mol. The number of hydrogen-bond acceptors (Lipinski definition) is 3. The van der Waals surface area contributed by atoms with Gasteiger partial charge in [-0.05, 0) is 36.8 Å². The molecule has 2 rings (SSSR count). The molecule has 1 fully saturated rings. The van der Waals surface area contributed by atoms with Gasteiger partial charge in [0.15, 0.2) is 0 Å². The lowest BCUT2D eigenvalue weighted by Crippen LogP contribution is -2.36. The number of hydrogen-bond donors (Lipinski definition) is 1. The third kappa shape index (κ3) is 3.50. The average molecular weight is 275 g/mol. The topological polar surface area (TPSA) is 59.2 Å². The number of rotatable bonds is 5. The van der Waals surface area contributed by atoms with Gasteiger partial charge in [0, 0.05) is 23.8 Å². The number of nitrogen functional groups attached to an aromatic ring is 1. The third-order valence-corrected chi connectivity index (χ3v) is 3.51. The van der Waals surface area contributed by atoms with Gasteiger partial charge in [-0.2, -0.15) is 0 Å². The van der Waals surface area contributed by atoms with Crippen molar-refractivity contribution in [2.75, 3.05) is 12.3 Å². The van der Waals surface area contributed by atoms with Gasteiger partial charge in [0.2, 0.25) is 0 Å². The number of carbonyl (C=O) groups excluding carboxylic acids is 1. The molecule has 0 atom stereocenters. The summed E-state index contributed by atoms with van der Waals surface area (Å²) in [6.07, 6.45) is 2.24. The van der Waals surface area contributed by atoms with Crippen LogP contribution in [0.3, 0.4) is 0 Å². The highest BCUT2D eigenvalue weighted by Crippen LogP contribution is 2.29. The minimum absolute atomic E-state index is 0.0946. The van der Waals surface area contributed by atoms with Gasteiger partial charge in [-0.3, -0.25) is 4.79 Å². The first-order valence-corrected chi connectivity index (χ1v) is 7.47. The van der Waals surface area contributed by atoms with Crippen molar-refractivity contribution in [3.05, 3.63) is 23.4 Å². The quantitative estimate of drug-likeness (QED) is 0.898. The van der Waals surface area contributed by atoms with Crippen LogP contribution in [0.1, 0.15) is 62.5 Å². The summed E-state index contributed by atoms with van der Waals surface area (Å²) < 4.78 is 0. The molecule has 1 saturated carbocycles. The molecular formula is C16H25N3O. The fourth-order valence-electron chi connectivity index (χ4n) is 2.34. The van der Waals surface area contributed by atoms with Crippen LogP contribution in [-0.4, -0.2) is 28.4 Å². The van der Waals surface area contributed by atoms with Crippen molar-refractivity contribution in [3.8, 4) is 0 Å². The Hall–Kier alpha value is -1.58. The van der Waals surface area contributed by atoms with E-state index in [-0.39, 0.29) is 11.8 Å². The Morgan fingerprint density at radius 3 is 2.50 bits per heavy atom. The van der Waals surface area contributed by atoms with Gasteiger partial charge in [0.25, 0.3) is 5.91 Å². The maximum atomic E-state index is 12.7. The van der Waals surface area contributed by atoms with Crippen LogP contribution in [0, 0.1) is 5.92 Å². The zero-order valence-corrected chi connectivity index (χ0v) is 12.9. The Labute approximate surface area is 121 Å². The van der Waals surface area contributed by atoms with E-state index in [2.05, 4.69) is 32.7 Å². The van der Waals surface area contributed by atoms with E-state index in [0.717, 1.165) is 25.1 Å². The largest absolute Gasteiger partial charge is 0.384 e. The average Bonchev–Trinajstić information content (AvgIpc) is 3.18. The Balaban J connectivity index is 2.26. The third-order valence-electron chi connectivity index (χ3n) is 3.51. The minimum Gasteiger partial charge on any atom is -0.384 e. The van der Waals surface area contributed by atoms with Gasteiger partial charge in [-0.25, -0.2) is 4.98 Å². The van der Waals surface area contributed by atoms with Crippen LogP contribution in [0.25, 0.3) is 0 Å². The number of carbonyl (C=O) groups is 1. The first-order valence-electron chi connectivity index (χ1n) is 7.47. The predicted octanol–water partition coefficient (Wildman–Crippen LogP) is 3.05. The van der Waals surface area contributed by atoms with E-state index in [0.29, 0.717) is 23.3 Å². The van der Waals surface area contributed by atoms with E-state index in [9.17, 15) is 4.79 Å². The van der Waals surface area contributed by atoms with Crippen LogP contribution in [0.4, 0.5) is 5.82 Å². The molecule has 4 nitrogen and oxygen atoms in total. The van der Waals surface area contributed by atoms with Crippen molar-refractivity contribution >= 4 is 11.7 Å². The molecular weight excluding hydrogens is 250 g/mol. The van der Waals surface area contributed by atoms with E-state index in [1.807, 2.05) is 11.0 Å². The molecule has 0 aliphatic heterocycles. The lowest BCUT2D eigenvalue weighted by atomic mass is 10.1. The molecule has 0 spiro atoms. The lowest BCUT2D eigenvalue weighted by molar-refractivity contribution is 0.0722. The van der Waals surface area contributed by atoms with Crippen molar-refractivity contribution in [1.82, 2.24) is 9.88 Å². The first-order chi connectivity index (χ1) is 9.38. The summed E-state index contributed by atoms with van der Waals surface area (Å²) >= 11 is 0. The molecule has 0 bridgehead atoms. The molecule has 0 radical (unpaired) electrons. The highest BCUT2D eigenvalue weighted by atomic mass is 16.2. The first kappa shape index (κ1) is 14.8.